The molecule has 5 heteroatoms. The molecule has 9 radical (unpaired) electrons. The van der Waals surface area contributed by atoms with E-state index in [2.05, 4.69) is 0 Å². The van der Waals surface area contributed by atoms with Crippen LogP contribution in [-0.4, -0.2) is 63.2 Å². The Balaban J connectivity index is -0.00000000167. The second-order valence-electron chi connectivity index (χ2n) is 0. The van der Waals surface area contributed by atoms with E-state index in [0.29, 0.717) is 0 Å². The first-order valence-corrected chi connectivity index (χ1v) is 1.79. The monoisotopic (exact) mass is 481 g/mol. The fourth-order valence-corrected chi connectivity index (χ4v) is 0. The summed E-state index contributed by atoms with van der Waals surface area (Å²) in [7, 11) is 0. The quantitative estimate of drug-likeness (QED) is 0.398. The molecule has 0 aromatic carbocycles. The van der Waals surface area contributed by atoms with E-state index in [1.165, 1.54) is 0 Å². The molecule has 0 unspecified atom stereocenters. The van der Waals surface area contributed by atoms with Gasteiger partial charge in [0, 0.05) is 64.7 Å². The number of rotatable bonds is 0. The van der Waals surface area contributed by atoms with Crippen LogP contribution in [0.25, 0.3) is 0 Å². The zero-order valence-corrected chi connectivity index (χ0v) is 15.1. The molecule has 0 rings (SSSR count). The molecule has 1 nitrogen and oxygen atoms in total. The first-order valence-electron chi connectivity index (χ1n) is 0.204. The van der Waals surface area contributed by atoms with Crippen LogP contribution in [0.15, 0.2) is 0 Å². The minimum absolute atomic E-state index is 0. The second-order valence-corrected chi connectivity index (χ2v) is 0. The van der Waals surface area contributed by atoms with Gasteiger partial charge in [0.15, 0.2) is 0 Å². The first kappa shape index (κ1) is 24.9. The molecular weight excluding hydrogens is 478 g/mol. The second kappa shape index (κ2) is 29.0. The average molecular weight is 478 g/mol. The zero-order valence-electron chi connectivity index (χ0n) is 2.69. The molecule has 0 aliphatic heterocycles. The summed E-state index contributed by atoms with van der Waals surface area (Å²) in [6, 6.07) is 0. The van der Waals surface area contributed by atoms with Crippen molar-refractivity contribution in [1.29, 1.82) is 0 Å². The summed E-state index contributed by atoms with van der Waals surface area (Å²) < 4.78 is 8.39. The van der Waals surface area contributed by atoms with E-state index in [0.717, 1.165) is 0 Å². The first-order chi connectivity index (χ1) is 1.00. The molecule has 0 fully saturated rings. The van der Waals surface area contributed by atoms with Crippen LogP contribution in [-0.2, 0) is 30.0 Å². The molecule has 0 bridgehead atoms. The Labute approximate surface area is 91.4 Å². The maximum absolute atomic E-state index is 8.39. The number of hydrogen-bond acceptors (Lipinski definition) is 1. The van der Waals surface area contributed by atoms with Crippen molar-refractivity contribution in [2.24, 2.45) is 0 Å². The standard InChI is InChI=1S/Cd.Ga.Ge.O.Pb. The third kappa shape index (κ3) is 19.9. The normalized spacial score (nSPS) is 0.800. The summed E-state index contributed by atoms with van der Waals surface area (Å²) in [5.41, 5.74) is 0. The Bertz CT molecular complexity index is 11.6. The minimum atomic E-state index is 0. The van der Waals surface area contributed by atoms with Gasteiger partial charge in [-0.3, -0.25) is 0 Å². The third-order valence-corrected chi connectivity index (χ3v) is 0. The topological polar surface area (TPSA) is 17.1 Å². The van der Waals surface area contributed by atoms with Crippen LogP contribution in [0.3, 0.4) is 0 Å². The predicted octanol–water partition coefficient (Wildman–Crippen LogP) is -1.26. The Morgan fingerprint density at radius 3 is 1.20 bits per heavy atom. The SMILES string of the molecule is [Cd].[Ga].[Ge].[O]=[Pb]. The molecule has 0 aromatic heterocycles. The summed E-state index contributed by atoms with van der Waals surface area (Å²) in [4.78, 5) is 0. The predicted molar refractivity (Wildman–Crippen MR) is 17.9 cm³/mol. The molecule has 0 heterocycles. The molecule has 0 saturated heterocycles. The fourth-order valence-electron chi connectivity index (χ4n) is 0. The van der Waals surface area contributed by atoms with Gasteiger partial charge in [-0.25, -0.2) is 0 Å². The van der Waals surface area contributed by atoms with Crippen molar-refractivity contribution in [3.8, 4) is 0 Å². The zero-order chi connectivity index (χ0) is 2.00. The summed E-state index contributed by atoms with van der Waals surface area (Å²) in [5.74, 6) is 0. The molecule has 5 heavy (non-hydrogen) atoms. The molecule has 0 amide bonds. The van der Waals surface area contributed by atoms with Crippen LogP contribution >= 0.6 is 0 Å². The van der Waals surface area contributed by atoms with E-state index in [1.807, 2.05) is 0 Å². The van der Waals surface area contributed by atoms with Crippen molar-refractivity contribution >= 4 is 63.2 Å². The summed E-state index contributed by atoms with van der Waals surface area (Å²) in [5, 5.41) is 0. The summed E-state index contributed by atoms with van der Waals surface area (Å²) >= 11 is 0.0556. The van der Waals surface area contributed by atoms with Crippen LogP contribution in [0.2, 0.25) is 0 Å². The summed E-state index contributed by atoms with van der Waals surface area (Å²) in [6.45, 7) is 0. The van der Waals surface area contributed by atoms with Gasteiger partial charge in [0.1, 0.15) is 0 Å². The molecule has 0 atom stereocenters. The molecule has 0 aromatic rings. The molecule has 0 spiro atoms. The van der Waals surface area contributed by atoms with Gasteiger partial charge in [-0.2, -0.15) is 0 Å². The van der Waals surface area contributed by atoms with Crippen LogP contribution < -0.4 is 0 Å². The van der Waals surface area contributed by atoms with Gasteiger partial charge in [-0.05, 0) is 0 Å². The van der Waals surface area contributed by atoms with E-state index >= 15 is 0 Å². The van der Waals surface area contributed by atoms with Crippen LogP contribution in [0.5, 0.6) is 0 Å². The maximum atomic E-state index is 8.39. The Kier molecular flexibility index (Phi) is 145. The van der Waals surface area contributed by atoms with Gasteiger partial charge in [0.2, 0.25) is 0 Å². The molecule has 19 valence electrons. The summed E-state index contributed by atoms with van der Waals surface area (Å²) in [6.07, 6.45) is 0. The van der Waals surface area contributed by atoms with Crippen LogP contribution in [0.1, 0.15) is 0 Å². The van der Waals surface area contributed by atoms with E-state index in [1.54, 1.807) is 0 Å². The van der Waals surface area contributed by atoms with Crippen LogP contribution in [0.4, 0.5) is 0 Å². The molecular formula is CdGaGeOPb. The Morgan fingerprint density at radius 1 is 1.20 bits per heavy atom. The van der Waals surface area contributed by atoms with Gasteiger partial charge < -0.3 is 0 Å². The molecule has 0 saturated carbocycles. The van der Waals surface area contributed by atoms with Crippen LogP contribution in [0, 0.1) is 0 Å². The average Bonchev–Trinajstić information content (AvgIpc) is 1.00. The van der Waals surface area contributed by atoms with Crippen molar-refractivity contribution in [1.82, 2.24) is 0 Å². The molecule has 0 aliphatic rings. The Morgan fingerprint density at radius 2 is 1.20 bits per heavy atom. The third-order valence-electron chi connectivity index (χ3n) is 0. The van der Waals surface area contributed by atoms with Gasteiger partial charge in [-0.1, -0.05) is 0 Å². The molecule has 0 N–H and O–H groups in total. The van der Waals surface area contributed by atoms with Gasteiger partial charge in [-0.15, -0.1) is 0 Å². The fraction of sp³-hybridized carbons (Fsp3) is 0. The number of hydrogen-bond donors (Lipinski definition) is 0. The van der Waals surface area contributed by atoms with Crippen molar-refractivity contribution in [2.75, 3.05) is 0 Å². The van der Waals surface area contributed by atoms with E-state index in [9.17, 15) is 0 Å². The van der Waals surface area contributed by atoms with Crippen molar-refractivity contribution < 1.29 is 30.0 Å². The van der Waals surface area contributed by atoms with Gasteiger partial charge >= 0.3 is 28.5 Å². The van der Waals surface area contributed by atoms with E-state index in [4.69, 9.17) is 2.69 Å². The van der Waals surface area contributed by atoms with Crippen molar-refractivity contribution in [3.63, 3.8) is 0 Å². The van der Waals surface area contributed by atoms with Gasteiger partial charge in [0.25, 0.3) is 0 Å². The Hall–Kier alpha value is 2.82. The molecule has 0 aliphatic carbocycles. The van der Waals surface area contributed by atoms with E-state index < -0.39 is 0 Å². The van der Waals surface area contributed by atoms with Gasteiger partial charge in [0.05, 0.1) is 0 Å². The van der Waals surface area contributed by atoms with Crippen molar-refractivity contribution in [2.45, 2.75) is 0 Å². The van der Waals surface area contributed by atoms with E-state index in [-0.39, 0.29) is 90.5 Å². The van der Waals surface area contributed by atoms with Crippen molar-refractivity contribution in [3.05, 3.63) is 0 Å².